The predicted octanol–water partition coefficient (Wildman–Crippen LogP) is 4.36. The standard InChI is InChI=1S/C26H32N4O3.HI/c1-2-27-25(28-12-9-19-16-29-22-6-4-3-5-21(19)22)30-17-26(10-13-31-14-11-26)20-7-8-23-24(15-20)33-18-32-23;/h3-8,15-16,29H,2,9-14,17-18H2,1H3,(H2,27,28,30);1H. The Morgan fingerprint density at radius 2 is 1.88 bits per heavy atom. The minimum atomic E-state index is -0.0710. The first-order valence-corrected chi connectivity index (χ1v) is 11.8. The van der Waals surface area contributed by atoms with E-state index >= 15 is 0 Å². The van der Waals surface area contributed by atoms with Crippen LogP contribution in [-0.4, -0.2) is 50.6 Å². The fourth-order valence-corrected chi connectivity index (χ4v) is 4.75. The van der Waals surface area contributed by atoms with E-state index in [-0.39, 0.29) is 36.2 Å². The van der Waals surface area contributed by atoms with E-state index in [2.05, 4.69) is 65.1 Å². The molecule has 0 amide bonds. The van der Waals surface area contributed by atoms with Crippen molar-refractivity contribution in [2.24, 2.45) is 4.99 Å². The number of ether oxygens (including phenoxy) is 3. The van der Waals surface area contributed by atoms with Gasteiger partial charge in [-0.25, -0.2) is 0 Å². The lowest BCUT2D eigenvalue weighted by Gasteiger charge is -2.36. The summed E-state index contributed by atoms with van der Waals surface area (Å²) in [6.45, 7) is 6.20. The molecule has 3 N–H and O–H groups in total. The van der Waals surface area contributed by atoms with Gasteiger partial charge >= 0.3 is 0 Å². The van der Waals surface area contributed by atoms with E-state index in [9.17, 15) is 0 Å². The SMILES string of the molecule is CCNC(=NCC1(c2ccc3c(c2)OCO3)CCOCC1)NCCc1c[nH]c2ccccc12.I. The minimum absolute atomic E-state index is 0. The molecule has 3 aromatic rings. The molecule has 0 saturated carbocycles. The molecule has 0 unspecified atom stereocenters. The molecule has 0 spiro atoms. The molecule has 0 bridgehead atoms. The number of nitrogens with zero attached hydrogens (tertiary/aromatic N) is 1. The van der Waals surface area contributed by atoms with Crippen LogP contribution in [0.1, 0.15) is 30.9 Å². The van der Waals surface area contributed by atoms with Crippen molar-refractivity contribution < 1.29 is 14.2 Å². The molecular formula is C26H33IN4O3. The summed E-state index contributed by atoms with van der Waals surface area (Å²) in [4.78, 5) is 8.38. The maximum absolute atomic E-state index is 5.70. The molecule has 2 aliphatic heterocycles. The van der Waals surface area contributed by atoms with Gasteiger partial charge in [0.15, 0.2) is 17.5 Å². The molecular weight excluding hydrogens is 543 g/mol. The number of nitrogens with one attached hydrogen (secondary N) is 3. The van der Waals surface area contributed by atoms with Crippen molar-refractivity contribution in [2.45, 2.75) is 31.6 Å². The second-order valence-corrected chi connectivity index (χ2v) is 8.69. The van der Waals surface area contributed by atoms with Crippen LogP contribution in [0.3, 0.4) is 0 Å². The molecule has 1 aromatic heterocycles. The lowest BCUT2D eigenvalue weighted by Crippen LogP contribution is -2.41. The number of fused-ring (bicyclic) bond motifs is 2. The second-order valence-electron chi connectivity index (χ2n) is 8.69. The number of halogens is 1. The summed E-state index contributed by atoms with van der Waals surface area (Å²) in [5, 5.41) is 8.21. The molecule has 0 radical (unpaired) electrons. The summed E-state index contributed by atoms with van der Waals surface area (Å²) < 4.78 is 16.8. The Labute approximate surface area is 217 Å². The van der Waals surface area contributed by atoms with E-state index in [1.165, 1.54) is 22.0 Å². The van der Waals surface area contributed by atoms with E-state index in [0.717, 1.165) is 63.0 Å². The molecule has 0 aliphatic carbocycles. The Morgan fingerprint density at radius 3 is 2.74 bits per heavy atom. The number of aromatic nitrogens is 1. The zero-order valence-corrected chi connectivity index (χ0v) is 21.9. The quantitative estimate of drug-likeness (QED) is 0.221. The maximum Gasteiger partial charge on any atom is 0.231 e. The van der Waals surface area contributed by atoms with Crippen LogP contribution in [0.15, 0.2) is 53.7 Å². The molecule has 2 aliphatic rings. The van der Waals surface area contributed by atoms with Gasteiger partial charge in [-0.15, -0.1) is 24.0 Å². The van der Waals surface area contributed by atoms with Gasteiger partial charge in [-0.3, -0.25) is 4.99 Å². The summed E-state index contributed by atoms with van der Waals surface area (Å²) in [7, 11) is 0. The van der Waals surface area contributed by atoms with E-state index in [1.807, 2.05) is 6.07 Å². The molecule has 34 heavy (non-hydrogen) atoms. The van der Waals surface area contributed by atoms with Crippen LogP contribution >= 0.6 is 24.0 Å². The average molecular weight is 576 g/mol. The molecule has 2 aromatic carbocycles. The highest BCUT2D eigenvalue weighted by molar-refractivity contribution is 14.0. The van der Waals surface area contributed by atoms with Gasteiger partial charge in [0.05, 0.1) is 6.54 Å². The number of para-hydroxylation sites is 1. The third-order valence-electron chi connectivity index (χ3n) is 6.68. The molecule has 5 rings (SSSR count). The summed E-state index contributed by atoms with van der Waals surface area (Å²) in [5.74, 6) is 2.49. The molecule has 8 heteroatoms. The number of guanidine groups is 1. The van der Waals surface area contributed by atoms with Crippen molar-refractivity contribution >= 4 is 40.8 Å². The normalized spacial score (nSPS) is 16.8. The molecule has 7 nitrogen and oxygen atoms in total. The lowest BCUT2D eigenvalue weighted by molar-refractivity contribution is 0.0530. The highest BCUT2D eigenvalue weighted by atomic mass is 127. The largest absolute Gasteiger partial charge is 0.454 e. The Kier molecular flexibility index (Phi) is 8.20. The first kappa shape index (κ1) is 24.7. The topological polar surface area (TPSA) is 79.9 Å². The molecule has 1 fully saturated rings. The van der Waals surface area contributed by atoms with Gasteiger partial charge in [-0.2, -0.15) is 0 Å². The van der Waals surface area contributed by atoms with Crippen molar-refractivity contribution in [3.63, 3.8) is 0 Å². The van der Waals surface area contributed by atoms with Gasteiger partial charge in [0.2, 0.25) is 6.79 Å². The monoisotopic (exact) mass is 576 g/mol. The Bertz CT molecular complexity index is 1120. The van der Waals surface area contributed by atoms with Gasteiger partial charge in [-0.05, 0) is 55.5 Å². The predicted molar refractivity (Wildman–Crippen MR) is 146 cm³/mol. The van der Waals surface area contributed by atoms with Gasteiger partial charge in [0, 0.05) is 48.8 Å². The van der Waals surface area contributed by atoms with Crippen molar-refractivity contribution in [3.05, 3.63) is 59.8 Å². The van der Waals surface area contributed by atoms with Gasteiger partial charge < -0.3 is 29.8 Å². The number of hydrogen-bond acceptors (Lipinski definition) is 4. The van der Waals surface area contributed by atoms with Crippen LogP contribution in [0.4, 0.5) is 0 Å². The van der Waals surface area contributed by atoms with Crippen molar-refractivity contribution in [1.29, 1.82) is 0 Å². The minimum Gasteiger partial charge on any atom is -0.454 e. The fraction of sp³-hybridized carbons (Fsp3) is 0.423. The zero-order chi connectivity index (χ0) is 22.5. The maximum atomic E-state index is 5.70. The van der Waals surface area contributed by atoms with Crippen LogP contribution in [0.25, 0.3) is 10.9 Å². The fourth-order valence-electron chi connectivity index (χ4n) is 4.75. The van der Waals surface area contributed by atoms with Crippen LogP contribution in [0, 0.1) is 0 Å². The number of H-pyrrole nitrogens is 1. The molecule has 182 valence electrons. The van der Waals surface area contributed by atoms with Crippen molar-refractivity contribution in [2.75, 3.05) is 39.6 Å². The van der Waals surface area contributed by atoms with Crippen molar-refractivity contribution in [3.8, 4) is 11.5 Å². The summed E-state index contributed by atoms with van der Waals surface area (Å²) in [6, 6.07) is 14.7. The molecule has 0 atom stereocenters. The number of hydrogen-bond donors (Lipinski definition) is 3. The van der Waals surface area contributed by atoms with Gasteiger partial charge in [0.25, 0.3) is 0 Å². The van der Waals surface area contributed by atoms with Crippen LogP contribution < -0.4 is 20.1 Å². The number of rotatable bonds is 7. The Hall–Kier alpha value is -2.46. The Morgan fingerprint density at radius 1 is 1.06 bits per heavy atom. The van der Waals surface area contributed by atoms with Crippen LogP contribution in [0.5, 0.6) is 11.5 Å². The van der Waals surface area contributed by atoms with E-state index in [1.54, 1.807) is 0 Å². The summed E-state index contributed by atoms with van der Waals surface area (Å²) in [6.07, 6.45) is 4.90. The van der Waals surface area contributed by atoms with E-state index in [0.29, 0.717) is 6.54 Å². The average Bonchev–Trinajstić information content (AvgIpc) is 3.50. The highest BCUT2D eigenvalue weighted by Crippen LogP contribution is 2.41. The third kappa shape index (κ3) is 5.27. The third-order valence-corrected chi connectivity index (χ3v) is 6.68. The zero-order valence-electron chi connectivity index (χ0n) is 19.6. The van der Waals surface area contributed by atoms with Crippen molar-refractivity contribution in [1.82, 2.24) is 15.6 Å². The first-order valence-electron chi connectivity index (χ1n) is 11.8. The van der Waals surface area contributed by atoms with Crippen LogP contribution in [0.2, 0.25) is 0 Å². The van der Waals surface area contributed by atoms with Crippen LogP contribution in [-0.2, 0) is 16.6 Å². The second kappa shape index (κ2) is 11.3. The number of aliphatic imine (C=N–C) groups is 1. The molecule has 3 heterocycles. The number of aromatic amines is 1. The summed E-state index contributed by atoms with van der Waals surface area (Å²) >= 11 is 0. The van der Waals surface area contributed by atoms with Gasteiger partial charge in [0.1, 0.15) is 0 Å². The van der Waals surface area contributed by atoms with E-state index < -0.39 is 0 Å². The summed E-state index contributed by atoms with van der Waals surface area (Å²) in [5.41, 5.74) is 3.67. The molecule has 1 saturated heterocycles. The highest BCUT2D eigenvalue weighted by Gasteiger charge is 2.35. The number of benzene rings is 2. The smallest absolute Gasteiger partial charge is 0.231 e. The first-order chi connectivity index (χ1) is 16.3. The lowest BCUT2D eigenvalue weighted by atomic mass is 9.74. The van der Waals surface area contributed by atoms with E-state index in [4.69, 9.17) is 19.2 Å². The Balaban J connectivity index is 0.00000274. The van der Waals surface area contributed by atoms with Gasteiger partial charge in [-0.1, -0.05) is 24.3 Å².